The summed E-state index contributed by atoms with van der Waals surface area (Å²) in [7, 11) is 3.24. The number of amides is 1. The topological polar surface area (TPSA) is 52.5 Å². The van der Waals surface area contributed by atoms with Crippen molar-refractivity contribution in [1.29, 1.82) is 0 Å². The molecule has 5 nitrogen and oxygen atoms in total. The van der Waals surface area contributed by atoms with Crippen LogP contribution in [0.3, 0.4) is 0 Å². The van der Waals surface area contributed by atoms with Gasteiger partial charge in [0.1, 0.15) is 5.69 Å². The monoisotopic (exact) mass is 406 g/mol. The number of carbonyl (C=O) groups is 1. The van der Waals surface area contributed by atoms with E-state index in [1.54, 1.807) is 14.2 Å². The van der Waals surface area contributed by atoms with Crippen LogP contribution < -0.4 is 14.8 Å². The number of nitrogens with zero attached hydrogens (tertiary/aromatic N) is 1. The fourth-order valence-electron chi connectivity index (χ4n) is 3.79. The molecule has 1 amide bonds. The number of hydrogen-bond donors (Lipinski definition) is 1. The lowest BCUT2D eigenvalue weighted by molar-refractivity contribution is 0.0944. The normalized spacial score (nSPS) is 10.7. The third kappa shape index (κ3) is 4.85. The predicted molar refractivity (Wildman–Crippen MR) is 120 cm³/mol. The first kappa shape index (κ1) is 21.5. The molecule has 0 aliphatic rings. The van der Waals surface area contributed by atoms with E-state index in [1.165, 1.54) is 11.1 Å². The highest BCUT2D eigenvalue weighted by Gasteiger charge is 2.17. The van der Waals surface area contributed by atoms with Gasteiger partial charge in [0.05, 0.1) is 14.2 Å². The Labute approximate surface area is 178 Å². The molecule has 3 aromatic rings. The van der Waals surface area contributed by atoms with Crippen LogP contribution in [0.4, 0.5) is 0 Å². The van der Waals surface area contributed by atoms with Gasteiger partial charge in [-0.3, -0.25) is 4.79 Å². The van der Waals surface area contributed by atoms with E-state index in [2.05, 4.69) is 47.1 Å². The summed E-state index contributed by atoms with van der Waals surface area (Å²) in [6, 6.07) is 16.3. The van der Waals surface area contributed by atoms with Gasteiger partial charge in [0.25, 0.3) is 5.91 Å². The average molecular weight is 407 g/mol. The van der Waals surface area contributed by atoms with Gasteiger partial charge in [-0.1, -0.05) is 35.9 Å². The second-order valence-corrected chi connectivity index (χ2v) is 7.59. The molecule has 0 aliphatic heterocycles. The Bertz CT molecular complexity index is 1040. The summed E-state index contributed by atoms with van der Waals surface area (Å²) in [6.07, 6.45) is 0.711. The molecule has 0 radical (unpaired) electrons. The highest BCUT2D eigenvalue weighted by molar-refractivity contribution is 5.94. The van der Waals surface area contributed by atoms with Gasteiger partial charge in [0, 0.05) is 18.8 Å². The summed E-state index contributed by atoms with van der Waals surface area (Å²) in [5.74, 6) is 1.35. The first-order valence-electron chi connectivity index (χ1n) is 10.1. The first-order valence-corrected chi connectivity index (χ1v) is 10.1. The Morgan fingerprint density at radius 1 is 0.933 bits per heavy atom. The van der Waals surface area contributed by atoms with E-state index < -0.39 is 0 Å². The minimum Gasteiger partial charge on any atom is -0.493 e. The maximum Gasteiger partial charge on any atom is 0.268 e. The van der Waals surface area contributed by atoms with Crippen LogP contribution in [0.1, 0.15) is 38.4 Å². The van der Waals surface area contributed by atoms with Crippen molar-refractivity contribution < 1.29 is 14.3 Å². The molecule has 1 N–H and O–H groups in total. The molecule has 0 saturated carbocycles. The fourth-order valence-corrected chi connectivity index (χ4v) is 3.79. The van der Waals surface area contributed by atoms with Crippen molar-refractivity contribution in [1.82, 2.24) is 9.88 Å². The van der Waals surface area contributed by atoms with Crippen LogP contribution in [0.2, 0.25) is 0 Å². The molecule has 3 rings (SSSR count). The average Bonchev–Trinajstić information content (AvgIpc) is 3.00. The molecule has 1 heterocycles. The van der Waals surface area contributed by atoms with Crippen molar-refractivity contribution in [2.24, 2.45) is 0 Å². The number of benzene rings is 2. The van der Waals surface area contributed by atoms with Crippen LogP contribution >= 0.6 is 0 Å². The van der Waals surface area contributed by atoms with Gasteiger partial charge < -0.3 is 19.4 Å². The molecule has 0 bridgehead atoms. The largest absolute Gasteiger partial charge is 0.493 e. The predicted octanol–water partition coefficient (Wildman–Crippen LogP) is 4.45. The Morgan fingerprint density at radius 3 is 2.40 bits per heavy atom. The molecular formula is C25H30N2O3. The Morgan fingerprint density at radius 2 is 1.70 bits per heavy atom. The lowest BCUT2D eigenvalue weighted by Crippen LogP contribution is -2.29. The Balaban J connectivity index is 1.70. The van der Waals surface area contributed by atoms with Crippen molar-refractivity contribution >= 4 is 5.91 Å². The summed E-state index contributed by atoms with van der Waals surface area (Å²) in [5.41, 5.74) is 6.28. The van der Waals surface area contributed by atoms with E-state index in [0.29, 0.717) is 31.0 Å². The molecule has 30 heavy (non-hydrogen) atoms. The Kier molecular flexibility index (Phi) is 6.83. The van der Waals surface area contributed by atoms with Crippen LogP contribution in [-0.4, -0.2) is 31.2 Å². The van der Waals surface area contributed by atoms with E-state index in [9.17, 15) is 4.79 Å². The van der Waals surface area contributed by atoms with Crippen LogP contribution in [0.15, 0.2) is 48.5 Å². The highest BCUT2D eigenvalue weighted by Crippen LogP contribution is 2.27. The summed E-state index contributed by atoms with van der Waals surface area (Å²) in [5, 5.41) is 3.07. The van der Waals surface area contributed by atoms with Crippen LogP contribution in [0.5, 0.6) is 11.5 Å². The summed E-state index contributed by atoms with van der Waals surface area (Å²) >= 11 is 0. The zero-order chi connectivity index (χ0) is 21.7. The number of rotatable bonds is 8. The molecule has 0 unspecified atom stereocenters. The van der Waals surface area contributed by atoms with Crippen molar-refractivity contribution in [2.75, 3.05) is 20.8 Å². The zero-order valence-corrected chi connectivity index (χ0v) is 18.4. The van der Waals surface area contributed by atoms with Crippen molar-refractivity contribution in [3.05, 3.63) is 82.2 Å². The third-order valence-electron chi connectivity index (χ3n) is 5.28. The van der Waals surface area contributed by atoms with Gasteiger partial charge in [0.2, 0.25) is 0 Å². The number of nitrogens with one attached hydrogen (secondary N) is 1. The van der Waals surface area contributed by atoms with Crippen LogP contribution in [0.25, 0.3) is 0 Å². The third-order valence-corrected chi connectivity index (χ3v) is 5.28. The van der Waals surface area contributed by atoms with Crippen LogP contribution in [-0.2, 0) is 13.0 Å². The van der Waals surface area contributed by atoms with E-state index in [1.807, 2.05) is 32.0 Å². The first-order chi connectivity index (χ1) is 14.4. The van der Waals surface area contributed by atoms with Gasteiger partial charge in [0.15, 0.2) is 11.5 Å². The SMILES string of the molecule is COc1ccc(CCNC(=O)c2c(C)cc(C)n2Cc2cccc(C)c2)cc1OC. The molecule has 0 saturated heterocycles. The summed E-state index contributed by atoms with van der Waals surface area (Å²) in [4.78, 5) is 13.0. The number of ether oxygens (including phenoxy) is 2. The fraction of sp³-hybridized carbons (Fsp3) is 0.320. The molecule has 0 fully saturated rings. The van der Waals surface area contributed by atoms with Gasteiger partial charge in [-0.15, -0.1) is 0 Å². The lowest BCUT2D eigenvalue weighted by Gasteiger charge is -2.14. The molecular weight excluding hydrogens is 376 g/mol. The molecule has 2 aromatic carbocycles. The summed E-state index contributed by atoms with van der Waals surface area (Å²) in [6.45, 7) is 7.34. The van der Waals surface area contributed by atoms with E-state index >= 15 is 0 Å². The Hall–Kier alpha value is -3.21. The molecule has 5 heteroatoms. The zero-order valence-electron chi connectivity index (χ0n) is 18.4. The van der Waals surface area contributed by atoms with E-state index in [-0.39, 0.29) is 5.91 Å². The van der Waals surface area contributed by atoms with E-state index in [0.717, 1.165) is 22.5 Å². The molecule has 1 aromatic heterocycles. The van der Waals surface area contributed by atoms with Gasteiger partial charge in [-0.25, -0.2) is 0 Å². The van der Waals surface area contributed by atoms with Crippen molar-refractivity contribution in [3.63, 3.8) is 0 Å². The second-order valence-electron chi connectivity index (χ2n) is 7.59. The number of methoxy groups -OCH3 is 2. The van der Waals surface area contributed by atoms with Gasteiger partial charge in [-0.05, 0) is 62.1 Å². The molecule has 158 valence electrons. The smallest absolute Gasteiger partial charge is 0.268 e. The van der Waals surface area contributed by atoms with Gasteiger partial charge in [-0.2, -0.15) is 0 Å². The minimum atomic E-state index is -0.0475. The number of carbonyl (C=O) groups excluding carboxylic acids is 1. The lowest BCUT2D eigenvalue weighted by atomic mass is 10.1. The number of aromatic nitrogens is 1. The van der Waals surface area contributed by atoms with Crippen molar-refractivity contribution in [3.8, 4) is 11.5 Å². The molecule has 0 spiro atoms. The maximum atomic E-state index is 13.0. The van der Waals surface area contributed by atoms with Gasteiger partial charge >= 0.3 is 0 Å². The van der Waals surface area contributed by atoms with Crippen molar-refractivity contribution in [2.45, 2.75) is 33.7 Å². The van der Waals surface area contributed by atoms with E-state index in [4.69, 9.17) is 9.47 Å². The number of hydrogen-bond acceptors (Lipinski definition) is 3. The number of aryl methyl sites for hydroxylation is 3. The summed E-state index contributed by atoms with van der Waals surface area (Å²) < 4.78 is 12.7. The molecule has 0 aliphatic carbocycles. The van der Waals surface area contributed by atoms with Crippen LogP contribution in [0, 0.1) is 20.8 Å². The maximum absolute atomic E-state index is 13.0. The highest BCUT2D eigenvalue weighted by atomic mass is 16.5. The standard InChI is InChI=1S/C25H30N2O3/c1-17-7-6-8-21(13-17)16-27-19(3)14-18(2)24(27)25(28)26-12-11-20-9-10-22(29-4)23(15-20)30-5/h6-10,13-15H,11-12,16H2,1-5H3,(H,26,28). The minimum absolute atomic E-state index is 0.0475. The molecule has 0 atom stereocenters. The second kappa shape index (κ2) is 9.53. The quantitative estimate of drug-likeness (QED) is 0.601.